The van der Waals surface area contributed by atoms with Crippen molar-refractivity contribution in [1.82, 2.24) is 29.7 Å². The Bertz CT molecular complexity index is 1630. The van der Waals surface area contributed by atoms with E-state index in [2.05, 4.69) is 42.0 Å². The average molecular weight is 609 g/mol. The molecule has 4 N–H and O–H groups in total. The number of benzene rings is 2. The molecule has 4 aromatic rings. The first kappa shape index (κ1) is 34.0. The van der Waals surface area contributed by atoms with E-state index < -0.39 is 17.6 Å². The molecule has 1 amide bonds. The quantitative estimate of drug-likeness (QED) is 0.254. The number of aromatic amines is 1. The third kappa shape index (κ3) is 8.55. The zero-order chi connectivity index (χ0) is 32.4. The molecular formula is C32H39F3N8O. The summed E-state index contributed by atoms with van der Waals surface area (Å²) in [5.41, 5.74) is 8.11. The Hall–Kier alpha value is -4.47. The third-order valence-electron chi connectivity index (χ3n) is 6.78. The van der Waals surface area contributed by atoms with E-state index in [1.807, 2.05) is 46.6 Å². The minimum Gasteiger partial charge on any atom is -0.368 e. The van der Waals surface area contributed by atoms with E-state index in [1.54, 1.807) is 18.2 Å². The van der Waals surface area contributed by atoms with Crippen molar-refractivity contribution in [2.75, 3.05) is 44.3 Å². The Labute approximate surface area is 256 Å². The van der Waals surface area contributed by atoms with Crippen LogP contribution in [0.1, 0.15) is 66.0 Å². The Morgan fingerprint density at radius 3 is 2.41 bits per heavy atom. The van der Waals surface area contributed by atoms with Gasteiger partial charge < -0.3 is 20.9 Å². The monoisotopic (exact) mass is 608 g/mol. The van der Waals surface area contributed by atoms with Gasteiger partial charge in [0.2, 0.25) is 5.95 Å². The Morgan fingerprint density at radius 1 is 1.02 bits per heavy atom. The Morgan fingerprint density at radius 2 is 1.73 bits per heavy atom. The van der Waals surface area contributed by atoms with E-state index in [4.69, 9.17) is 5.73 Å². The third-order valence-corrected chi connectivity index (χ3v) is 6.78. The van der Waals surface area contributed by atoms with E-state index >= 15 is 0 Å². The van der Waals surface area contributed by atoms with Crippen LogP contribution >= 0.6 is 0 Å². The number of aryl methyl sites for hydroxylation is 1. The van der Waals surface area contributed by atoms with E-state index in [1.165, 1.54) is 18.5 Å². The highest BCUT2D eigenvalue weighted by Crippen LogP contribution is 2.34. The first-order valence-corrected chi connectivity index (χ1v) is 14.6. The summed E-state index contributed by atoms with van der Waals surface area (Å²) in [6.45, 7) is 13.0. The van der Waals surface area contributed by atoms with Crippen LogP contribution in [0.5, 0.6) is 0 Å². The summed E-state index contributed by atoms with van der Waals surface area (Å²) in [6, 6.07) is 8.83. The second kappa shape index (κ2) is 15.3. The number of nitrogen functional groups attached to an aromatic ring is 1. The number of nitrogens with two attached hydrogens (primary N) is 1. The fourth-order valence-electron chi connectivity index (χ4n) is 4.47. The number of nitrogens with zero attached hydrogens (tertiary/aromatic N) is 5. The van der Waals surface area contributed by atoms with Crippen molar-refractivity contribution in [2.24, 2.45) is 0 Å². The van der Waals surface area contributed by atoms with Crippen molar-refractivity contribution in [1.29, 1.82) is 0 Å². The van der Waals surface area contributed by atoms with Gasteiger partial charge in [-0.2, -0.15) is 18.2 Å². The van der Waals surface area contributed by atoms with E-state index in [9.17, 15) is 18.0 Å². The molecule has 2 aromatic carbocycles. The van der Waals surface area contributed by atoms with Gasteiger partial charge in [-0.3, -0.25) is 9.69 Å². The van der Waals surface area contributed by atoms with Gasteiger partial charge in [0.05, 0.1) is 11.9 Å². The number of hydrogen-bond donors (Lipinski definition) is 3. The lowest BCUT2D eigenvalue weighted by molar-refractivity contribution is -0.138. The number of anilines is 2. The summed E-state index contributed by atoms with van der Waals surface area (Å²) in [6.07, 6.45) is -3.09. The zero-order valence-electron chi connectivity index (χ0n) is 25.9. The van der Waals surface area contributed by atoms with Crippen molar-refractivity contribution >= 4 is 28.7 Å². The second-order valence-corrected chi connectivity index (χ2v) is 9.71. The van der Waals surface area contributed by atoms with Crippen LogP contribution in [0.15, 0.2) is 42.7 Å². The molecule has 0 spiro atoms. The lowest BCUT2D eigenvalue weighted by Crippen LogP contribution is -2.44. The largest absolute Gasteiger partial charge is 0.416 e. The summed E-state index contributed by atoms with van der Waals surface area (Å²) in [5.74, 6) is 5.41. The maximum Gasteiger partial charge on any atom is 0.416 e. The number of aromatic nitrogens is 4. The number of H-pyrrole nitrogens is 1. The molecule has 1 saturated heterocycles. The summed E-state index contributed by atoms with van der Waals surface area (Å²) in [4.78, 5) is 32.4. The molecule has 0 bridgehead atoms. The number of carbonyl (C=O) groups is 1. The van der Waals surface area contributed by atoms with Gasteiger partial charge in [-0.25, -0.2) is 9.97 Å². The highest BCUT2D eigenvalue weighted by atomic mass is 19.4. The molecule has 44 heavy (non-hydrogen) atoms. The maximum absolute atomic E-state index is 14.0. The highest BCUT2D eigenvalue weighted by molar-refractivity contribution is 6.04. The standard InChI is InChI=1S/C28H27F3N8O.2C2H6/c1-17-3-4-19(13-18(17)6-8-23-24-25(34-16-33-24)37-27(32)36-23)26(40)35-21-7-5-20(22(14-21)28(29,30)31)15-39-11-9-38(2)10-12-39;2*1-2/h3-5,7,13-14,16H,9-12,15H2,1-2H3,(H,35,40)(H3,32,33,34,36,37);2*1-2H3. The minimum atomic E-state index is -4.56. The van der Waals surface area contributed by atoms with Gasteiger partial charge in [0.1, 0.15) is 11.2 Å². The number of nitrogens with one attached hydrogen (secondary N) is 2. The van der Waals surface area contributed by atoms with Gasteiger partial charge in [-0.05, 0) is 55.3 Å². The van der Waals surface area contributed by atoms with Gasteiger partial charge in [0, 0.05) is 49.5 Å². The number of rotatable bonds is 4. The highest BCUT2D eigenvalue weighted by Gasteiger charge is 2.34. The summed E-state index contributed by atoms with van der Waals surface area (Å²) in [5, 5.41) is 2.60. The summed E-state index contributed by atoms with van der Waals surface area (Å²) < 4.78 is 41.9. The van der Waals surface area contributed by atoms with Crippen LogP contribution in [0, 0.1) is 18.8 Å². The molecule has 0 radical (unpaired) electrons. The molecular weight excluding hydrogens is 569 g/mol. The van der Waals surface area contributed by atoms with Gasteiger partial charge in [0.25, 0.3) is 5.91 Å². The van der Waals surface area contributed by atoms with Crippen LogP contribution < -0.4 is 11.1 Å². The van der Waals surface area contributed by atoms with Crippen LogP contribution in [0.3, 0.4) is 0 Å². The molecule has 0 aliphatic carbocycles. The number of alkyl halides is 3. The Kier molecular flexibility index (Phi) is 11.8. The Balaban J connectivity index is 0.00000127. The molecule has 9 nitrogen and oxygen atoms in total. The van der Waals surface area contributed by atoms with E-state index in [-0.39, 0.29) is 29.3 Å². The fourth-order valence-corrected chi connectivity index (χ4v) is 4.47. The smallest absolute Gasteiger partial charge is 0.368 e. The predicted octanol–water partition coefficient (Wildman–Crippen LogP) is 5.71. The van der Waals surface area contributed by atoms with Gasteiger partial charge in [-0.15, -0.1) is 0 Å². The molecule has 1 fully saturated rings. The van der Waals surface area contributed by atoms with Crippen LogP contribution in [-0.4, -0.2) is 68.9 Å². The van der Waals surface area contributed by atoms with Crippen molar-refractivity contribution in [3.8, 4) is 11.8 Å². The number of likely N-dealkylation sites (N-methyl/N-ethyl adjacent to an activating group) is 1. The molecule has 5 rings (SSSR count). The molecule has 0 unspecified atom stereocenters. The normalized spacial score (nSPS) is 13.6. The lowest BCUT2D eigenvalue weighted by atomic mass is 10.0. The van der Waals surface area contributed by atoms with Crippen molar-refractivity contribution in [3.63, 3.8) is 0 Å². The SMILES string of the molecule is CC.CC.Cc1ccc(C(=O)Nc2ccc(CN3CCN(C)CC3)c(C(F)(F)F)c2)cc1C#Cc1nc(N)nc2nc[nH]c12. The van der Waals surface area contributed by atoms with Gasteiger partial charge >= 0.3 is 6.18 Å². The molecule has 0 atom stereocenters. The minimum absolute atomic E-state index is 0.0292. The first-order valence-electron chi connectivity index (χ1n) is 14.6. The van der Waals surface area contributed by atoms with Crippen molar-refractivity contribution < 1.29 is 18.0 Å². The molecule has 12 heteroatoms. The number of halogens is 3. The summed E-state index contributed by atoms with van der Waals surface area (Å²) in [7, 11) is 1.99. The fraction of sp³-hybridized carbons (Fsp3) is 0.375. The summed E-state index contributed by atoms with van der Waals surface area (Å²) >= 11 is 0. The topological polar surface area (TPSA) is 116 Å². The number of hydrogen-bond acceptors (Lipinski definition) is 7. The van der Waals surface area contributed by atoms with Gasteiger partial charge in [0.15, 0.2) is 5.65 Å². The lowest BCUT2D eigenvalue weighted by Gasteiger charge is -2.33. The molecule has 1 aliphatic rings. The number of amides is 1. The molecule has 3 heterocycles. The maximum atomic E-state index is 14.0. The van der Waals surface area contributed by atoms with Crippen LogP contribution in [0.4, 0.5) is 24.8 Å². The van der Waals surface area contributed by atoms with Crippen LogP contribution in [0.2, 0.25) is 0 Å². The first-order chi connectivity index (χ1) is 21.1. The predicted molar refractivity (Wildman–Crippen MR) is 168 cm³/mol. The second-order valence-electron chi connectivity index (χ2n) is 9.71. The van der Waals surface area contributed by atoms with Crippen LogP contribution in [-0.2, 0) is 12.7 Å². The van der Waals surface area contributed by atoms with Crippen molar-refractivity contribution in [3.05, 3.63) is 76.2 Å². The average Bonchev–Trinajstić information content (AvgIpc) is 3.48. The zero-order valence-corrected chi connectivity index (χ0v) is 25.9. The van der Waals surface area contributed by atoms with Gasteiger partial charge in [-0.1, -0.05) is 45.7 Å². The molecule has 1 aliphatic heterocycles. The number of fused-ring (bicyclic) bond motifs is 1. The number of carbonyl (C=O) groups excluding carboxylic acids is 1. The number of piperazine rings is 1. The van der Waals surface area contributed by atoms with E-state index in [0.717, 1.165) is 24.7 Å². The van der Waals surface area contributed by atoms with Crippen molar-refractivity contribution in [2.45, 2.75) is 47.3 Å². The molecule has 2 aromatic heterocycles. The molecule has 234 valence electrons. The van der Waals surface area contributed by atoms with Crippen LogP contribution in [0.25, 0.3) is 11.2 Å². The van der Waals surface area contributed by atoms with E-state index in [0.29, 0.717) is 35.5 Å². The number of imidazole rings is 1. The molecule has 0 saturated carbocycles.